The lowest BCUT2D eigenvalue weighted by molar-refractivity contribution is -0.386. The summed E-state index contributed by atoms with van der Waals surface area (Å²) in [5, 5.41) is 11.7. The Morgan fingerprint density at radius 3 is 2.74 bits per heavy atom. The van der Waals surface area contributed by atoms with Gasteiger partial charge in [-0.3, -0.25) is 10.1 Å². The van der Waals surface area contributed by atoms with Crippen LogP contribution in [0.3, 0.4) is 0 Å². The maximum Gasteiger partial charge on any atom is 0.329 e. The standard InChI is InChI=1S/C13H15N3O3/c1-13(2,14)8-19-12-9-5-3-4-6-10(9)15-7-11(12)16(17)18/h3-7H,8,14H2,1-2H3. The third-order valence-corrected chi connectivity index (χ3v) is 2.49. The van der Waals surface area contributed by atoms with E-state index in [0.29, 0.717) is 10.9 Å². The zero-order valence-electron chi connectivity index (χ0n) is 10.8. The Hall–Kier alpha value is -2.21. The number of nitro groups is 1. The van der Waals surface area contributed by atoms with Gasteiger partial charge in [-0.1, -0.05) is 12.1 Å². The zero-order chi connectivity index (χ0) is 14.0. The second kappa shape index (κ2) is 4.81. The Morgan fingerprint density at radius 2 is 2.11 bits per heavy atom. The molecule has 0 spiro atoms. The van der Waals surface area contributed by atoms with Crippen LogP contribution in [0, 0.1) is 10.1 Å². The van der Waals surface area contributed by atoms with Crippen LogP contribution in [0.1, 0.15) is 13.8 Å². The fraction of sp³-hybridized carbons (Fsp3) is 0.308. The van der Waals surface area contributed by atoms with Crippen molar-refractivity contribution in [3.63, 3.8) is 0 Å². The Kier molecular flexibility index (Phi) is 3.35. The summed E-state index contributed by atoms with van der Waals surface area (Å²) in [7, 11) is 0. The van der Waals surface area contributed by atoms with E-state index in [2.05, 4.69) is 4.98 Å². The number of aromatic nitrogens is 1. The molecule has 0 bridgehead atoms. The molecule has 100 valence electrons. The molecule has 0 aliphatic heterocycles. The van der Waals surface area contributed by atoms with Crippen LogP contribution in [0.2, 0.25) is 0 Å². The lowest BCUT2D eigenvalue weighted by atomic mass is 10.1. The first kappa shape index (κ1) is 13.2. The van der Waals surface area contributed by atoms with Gasteiger partial charge in [-0.25, -0.2) is 4.98 Å². The Morgan fingerprint density at radius 1 is 1.42 bits per heavy atom. The summed E-state index contributed by atoms with van der Waals surface area (Å²) in [5.41, 5.74) is 5.77. The molecule has 1 aromatic heterocycles. The molecule has 2 aromatic rings. The zero-order valence-corrected chi connectivity index (χ0v) is 10.8. The molecule has 0 saturated carbocycles. The number of pyridine rings is 1. The van der Waals surface area contributed by atoms with Crippen LogP contribution in [-0.2, 0) is 0 Å². The number of nitrogens with zero attached hydrogens (tertiary/aromatic N) is 2. The monoisotopic (exact) mass is 261 g/mol. The highest BCUT2D eigenvalue weighted by Gasteiger charge is 2.21. The Labute approximate surface area is 110 Å². The van der Waals surface area contributed by atoms with E-state index < -0.39 is 10.5 Å². The van der Waals surface area contributed by atoms with Crippen molar-refractivity contribution in [2.45, 2.75) is 19.4 Å². The molecule has 1 aromatic carbocycles. The van der Waals surface area contributed by atoms with Crippen LogP contribution in [-0.4, -0.2) is 22.1 Å². The van der Waals surface area contributed by atoms with E-state index in [1.165, 1.54) is 6.20 Å². The van der Waals surface area contributed by atoms with E-state index >= 15 is 0 Å². The number of hydrogen-bond donors (Lipinski definition) is 1. The minimum absolute atomic E-state index is 0.150. The van der Waals surface area contributed by atoms with Gasteiger partial charge in [-0.2, -0.15) is 0 Å². The van der Waals surface area contributed by atoms with Crippen LogP contribution in [0.15, 0.2) is 30.5 Å². The molecule has 0 unspecified atom stereocenters. The largest absolute Gasteiger partial charge is 0.484 e. The lowest BCUT2D eigenvalue weighted by Crippen LogP contribution is -2.38. The molecule has 0 radical (unpaired) electrons. The molecule has 0 atom stereocenters. The predicted molar refractivity (Wildman–Crippen MR) is 72.2 cm³/mol. The van der Waals surface area contributed by atoms with Gasteiger partial charge in [0.1, 0.15) is 12.8 Å². The first-order chi connectivity index (χ1) is 8.88. The highest BCUT2D eigenvalue weighted by atomic mass is 16.6. The van der Waals surface area contributed by atoms with Gasteiger partial charge in [0.05, 0.1) is 10.4 Å². The van der Waals surface area contributed by atoms with Gasteiger partial charge < -0.3 is 10.5 Å². The average molecular weight is 261 g/mol. The second-order valence-corrected chi connectivity index (χ2v) is 5.02. The fourth-order valence-corrected chi connectivity index (χ4v) is 1.65. The minimum Gasteiger partial charge on any atom is -0.484 e. The van der Waals surface area contributed by atoms with Crippen molar-refractivity contribution in [2.75, 3.05) is 6.61 Å². The van der Waals surface area contributed by atoms with Crippen molar-refractivity contribution < 1.29 is 9.66 Å². The SMILES string of the molecule is CC(C)(N)COc1c([N+](=O)[O-])cnc2ccccc12. The van der Waals surface area contributed by atoms with Crippen molar-refractivity contribution >= 4 is 16.6 Å². The van der Waals surface area contributed by atoms with Gasteiger partial charge in [0.25, 0.3) is 0 Å². The van der Waals surface area contributed by atoms with Crippen molar-refractivity contribution in [1.82, 2.24) is 4.98 Å². The second-order valence-electron chi connectivity index (χ2n) is 5.02. The van der Waals surface area contributed by atoms with E-state index in [9.17, 15) is 10.1 Å². The molecule has 1 heterocycles. The first-order valence-electron chi connectivity index (χ1n) is 5.82. The van der Waals surface area contributed by atoms with Crippen molar-refractivity contribution in [1.29, 1.82) is 0 Å². The number of hydrogen-bond acceptors (Lipinski definition) is 5. The van der Waals surface area contributed by atoms with Crippen LogP contribution in [0.25, 0.3) is 10.9 Å². The molecule has 0 fully saturated rings. The van der Waals surface area contributed by atoms with E-state index in [1.807, 2.05) is 6.07 Å². The summed E-state index contributed by atoms with van der Waals surface area (Å²) in [6, 6.07) is 7.12. The molecule has 0 saturated heterocycles. The summed E-state index contributed by atoms with van der Waals surface area (Å²) < 4.78 is 5.57. The smallest absolute Gasteiger partial charge is 0.329 e. The van der Waals surface area contributed by atoms with Gasteiger partial charge in [-0.05, 0) is 26.0 Å². The minimum atomic E-state index is -0.571. The Bertz CT molecular complexity index is 620. The van der Waals surface area contributed by atoms with Crippen LogP contribution in [0.5, 0.6) is 5.75 Å². The van der Waals surface area contributed by atoms with Crippen LogP contribution >= 0.6 is 0 Å². The summed E-state index contributed by atoms with van der Waals surface area (Å²) in [6.45, 7) is 3.77. The summed E-state index contributed by atoms with van der Waals surface area (Å²) in [5.74, 6) is 0.217. The molecule has 6 heteroatoms. The van der Waals surface area contributed by atoms with Crippen molar-refractivity contribution in [3.8, 4) is 5.75 Å². The maximum atomic E-state index is 11.0. The van der Waals surface area contributed by atoms with Crippen LogP contribution < -0.4 is 10.5 Å². The average Bonchev–Trinajstić information content (AvgIpc) is 2.34. The first-order valence-corrected chi connectivity index (χ1v) is 5.82. The molecule has 2 N–H and O–H groups in total. The van der Waals surface area contributed by atoms with E-state index in [1.54, 1.807) is 32.0 Å². The topological polar surface area (TPSA) is 91.3 Å². The number of nitrogens with two attached hydrogens (primary N) is 1. The quantitative estimate of drug-likeness (QED) is 0.673. The lowest BCUT2D eigenvalue weighted by Gasteiger charge is -2.19. The van der Waals surface area contributed by atoms with Crippen LogP contribution in [0.4, 0.5) is 5.69 Å². The molecule has 2 rings (SSSR count). The molecule has 19 heavy (non-hydrogen) atoms. The highest BCUT2D eigenvalue weighted by Crippen LogP contribution is 2.34. The van der Waals surface area contributed by atoms with E-state index in [-0.39, 0.29) is 18.0 Å². The fourth-order valence-electron chi connectivity index (χ4n) is 1.65. The molecule has 0 amide bonds. The predicted octanol–water partition coefficient (Wildman–Crippen LogP) is 2.26. The molecular weight excluding hydrogens is 246 g/mol. The van der Waals surface area contributed by atoms with Crippen molar-refractivity contribution in [3.05, 3.63) is 40.6 Å². The van der Waals surface area contributed by atoms with Gasteiger partial charge in [0.15, 0.2) is 0 Å². The normalized spacial score (nSPS) is 11.5. The summed E-state index contributed by atoms with van der Waals surface area (Å²) in [4.78, 5) is 14.6. The number of benzene rings is 1. The third kappa shape index (κ3) is 2.97. The molecule has 0 aliphatic rings. The van der Waals surface area contributed by atoms with Gasteiger partial charge in [0, 0.05) is 10.9 Å². The van der Waals surface area contributed by atoms with Gasteiger partial charge in [-0.15, -0.1) is 0 Å². The van der Waals surface area contributed by atoms with Gasteiger partial charge in [0.2, 0.25) is 5.75 Å². The summed E-state index contributed by atoms with van der Waals surface area (Å²) in [6.07, 6.45) is 1.21. The molecule has 6 nitrogen and oxygen atoms in total. The number of para-hydroxylation sites is 1. The molecule has 0 aliphatic carbocycles. The maximum absolute atomic E-state index is 11.0. The number of fused-ring (bicyclic) bond motifs is 1. The third-order valence-electron chi connectivity index (χ3n) is 2.49. The van der Waals surface area contributed by atoms with E-state index in [0.717, 1.165) is 0 Å². The van der Waals surface area contributed by atoms with Gasteiger partial charge >= 0.3 is 5.69 Å². The summed E-state index contributed by atoms with van der Waals surface area (Å²) >= 11 is 0. The molecular formula is C13H15N3O3. The number of rotatable bonds is 4. The van der Waals surface area contributed by atoms with Crippen molar-refractivity contribution in [2.24, 2.45) is 5.73 Å². The number of ether oxygens (including phenoxy) is 1. The highest BCUT2D eigenvalue weighted by molar-refractivity contribution is 5.88. The van der Waals surface area contributed by atoms with E-state index in [4.69, 9.17) is 10.5 Å². The Balaban J connectivity index is 2.53.